The number of nitrogens with zero attached hydrogens (tertiary/aromatic N) is 3. The fraction of sp³-hybridized carbons (Fsp3) is 0.360. The molecule has 0 saturated heterocycles. The SMILES string of the molecule is COc1cc(OC)c2c(CNC(=O)OC(C)(C)C)ncc(C(=O)N(C)Cc3cccnc3)c2c1. The van der Waals surface area contributed by atoms with Gasteiger partial charge in [-0.2, -0.15) is 0 Å². The summed E-state index contributed by atoms with van der Waals surface area (Å²) in [5, 5.41) is 3.94. The lowest BCUT2D eigenvalue weighted by molar-refractivity contribution is 0.0522. The van der Waals surface area contributed by atoms with Crippen molar-refractivity contribution in [3.63, 3.8) is 0 Å². The summed E-state index contributed by atoms with van der Waals surface area (Å²) in [6, 6.07) is 7.22. The molecular weight excluding hydrogens is 436 g/mol. The molecular formula is C25H30N4O5. The minimum atomic E-state index is -0.625. The van der Waals surface area contributed by atoms with Crippen molar-refractivity contribution in [1.29, 1.82) is 0 Å². The number of aromatic nitrogens is 2. The number of rotatable bonds is 7. The van der Waals surface area contributed by atoms with Crippen molar-refractivity contribution in [3.05, 3.63) is 59.7 Å². The summed E-state index contributed by atoms with van der Waals surface area (Å²) in [6.45, 7) is 5.85. The van der Waals surface area contributed by atoms with Crippen LogP contribution in [0, 0.1) is 0 Å². The van der Waals surface area contributed by atoms with Gasteiger partial charge < -0.3 is 24.4 Å². The van der Waals surface area contributed by atoms with E-state index in [-0.39, 0.29) is 12.5 Å². The van der Waals surface area contributed by atoms with Crippen LogP contribution in [0.3, 0.4) is 0 Å². The van der Waals surface area contributed by atoms with Gasteiger partial charge in [-0.1, -0.05) is 6.07 Å². The molecule has 0 radical (unpaired) electrons. The first-order valence-electron chi connectivity index (χ1n) is 10.8. The molecule has 0 bridgehead atoms. The predicted molar refractivity (Wildman–Crippen MR) is 128 cm³/mol. The number of methoxy groups -OCH3 is 2. The molecule has 0 aliphatic carbocycles. The van der Waals surface area contributed by atoms with Gasteiger partial charge in [-0.15, -0.1) is 0 Å². The number of fused-ring (bicyclic) bond motifs is 1. The van der Waals surface area contributed by atoms with Crippen LogP contribution in [0.5, 0.6) is 11.5 Å². The van der Waals surface area contributed by atoms with Gasteiger partial charge in [-0.3, -0.25) is 14.8 Å². The van der Waals surface area contributed by atoms with Crippen LogP contribution in [0.2, 0.25) is 0 Å². The molecule has 0 unspecified atom stereocenters. The third-order valence-electron chi connectivity index (χ3n) is 4.98. The van der Waals surface area contributed by atoms with Crippen molar-refractivity contribution < 1.29 is 23.8 Å². The highest BCUT2D eigenvalue weighted by atomic mass is 16.6. The van der Waals surface area contributed by atoms with Crippen molar-refractivity contribution in [1.82, 2.24) is 20.2 Å². The Labute approximate surface area is 199 Å². The molecule has 9 nitrogen and oxygen atoms in total. The molecule has 9 heteroatoms. The molecule has 34 heavy (non-hydrogen) atoms. The molecule has 0 atom stereocenters. The number of nitrogens with one attached hydrogen (secondary N) is 1. The molecule has 0 fully saturated rings. The average molecular weight is 467 g/mol. The van der Waals surface area contributed by atoms with Crippen LogP contribution in [0.4, 0.5) is 4.79 Å². The van der Waals surface area contributed by atoms with E-state index in [4.69, 9.17) is 14.2 Å². The zero-order chi connectivity index (χ0) is 24.9. The molecule has 0 saturated carbocycles. The number of amides is 2. The largest absolute Gasteiger partial charge is 0.497 e. The van der Waals surface area contributed by atoms with Gasteiger partial charge in [-0.05, 0) is 38.5 Å². The second-order valence-corrected chi connectivity index (χ2v) is 8.75. The maximum Gasteiger partial charge on any atom is 0.407 e. The van der Waals surface area contributed by atoms with Crippen molar-refractivity contribution in [2.24, 2.45) is 0 Å². The standard InChI is InChI=1S/C25H30N4O5/c1-25(2,3)34-24(31)28-14-20-22-18(10-17(32-5)11-21(22)33-6)19(13-27-20)23(30)29(4)15-16-8-7-9-26-12-16/h7-13H,14-15H2,1-6H3,(H,28,31). The molecule has 0 aliphatic heterocycles. The van der Waals surface area contributed by atoms with E-state index in [0.29, 0.717) is 40.1 Å². The Kier molecular flexibility index (Phi) is 7.55. The van der Waals surface area contributed by atoms with Gasteiger partial charge in [0.15, 0.2) is 0 Å². The van der Waals surface area contributed by atoms with Crippen molar-refractivity contribution >= 4 is 22.8 Å². The monoisotopic (exact) mass is 466 g/mol. The van der Waals surface area contributed by atoms with Crippen LogP contribution < -0.4 is 14.8 Å². The van der Waals surface area contributed by atoms with Crippen LogP contribution in [0.25, 0.3) is 10.8 Å². The zero-order valence-electron chi connectivity index (χ0n) is 20.3. The van der Waals surface area contributed by atoms with E-state index in [1.807, 2.05) is 12.1 Å². The quantitative estimate of drug-likeness (QED) is 0.562. The van der Waals surface area contributed by atoms with Gasteiger partial charge in [0, 0.05) is 49.0 Å². The molecule has 180 valence electrons. The number of ether oxygens (including phenoxy) is 3. The fourth-order valence-electron chi connectivity index (χ4n) is 3.47. The van der Waals surface area contributed by atoms with Gasteiger partial charge in [0.25, 0.3) is 5.91 Å². The summed E-state index contributed by atoms with van der Waals surface area (Å²) >= 11 is 0. The first-order valence-corrected chi connectivity index (χ1v) is 10.8. The van der Waals surface area contributed by atoms with Gasteiger partial charge >= 0.3 is 6.09 Å². The molecule has 3 aromatic rings. The molecule has 3 rings (SSSR count). The Balaban J connectivity index is 2.00. The summed E-state index contributed by atoms with van der Waals surface area (Å²) < 4.78 is 16.3. The van der Waals surface area contributed by atoms with Crippen LogP contribution >= 0.6 is 0 Å². The number of carbonyl (C=O) groups excluding carboxylic acids is 2. The molecule has 1 aromatic carbocycles. The van der Waals surface area contributed by atoms with Gasteiger partial charge in [0.1, 0.15) is 17.1 Å². The van der Waals surface area contributed by atoms with Crippen molar-refractivity contribution in [2.45, 2.75) is 39.5 Å². The van der Waals surface area contributed by atoms with E-state index in [1.165, 1.54) is 13.3 Å². The Morgan fingerprint density at radius 2 is 1.88 bits per heavy atom. The molecule has 2 aromatic heterocycles. The zero-order valence-corrected chi connectivity index (χ0v) is 20.3. The van der Waals surface area contributed by atoms with Crippen LogP contribution in [0.1, 0.15) is 42.4 Å². The number of alkyl carbamates (subject to hydrolysis) is 1. The minimum absolute atomic E-state index is 0.0914. The van der Waals surface area contributed by atoms with E-state index in [1.54, 1.807) is 64.4 Å². The first-order chi connectivity index (χ1) is 16.1. The highest BCUT2D eigenvalue weighted by Crippen LogP contribution is 2.35. The second-order valence-electron chi connectivity index (χ2n) is 8.75. The van der Waals surface area contributed by atoms with E-state index in [9.17, 15) is 9.59 Å². The third-order valence-corrected chi connectivity index (χ3v) is 4.98. The smallest absolute Gasteiger partial charge is 0.407 e. The van der Waals surface area contributed by atoms with E-state index < -0.39 is 11.7 Å². The number of benzene rings is 1. The summed E-state index contributed by atoms with van der Waals surface area (Å²) in [7, 11) is 4.79. The third kappa shape index (κ3) is 5.92. The second kappa shape index (κ2) is 10.4. The number of carbonyl (C=O) groups is 2. The molecule has 2 amide bonds. The lowest BCUT2D eigenvalue weighted by Crippen LogP contribution is -2.32. The Bertz CT molecular complexity index is 1180. The maximum absolute atomic E-state index is 13.4. The summed E-state index contributed by atoms with van der Waals surface area (Å²) in [5.74, 6) is 0.793. The van der Waals surface area contributed by atoms with E-state index in [0.717, 1.165) is 5.56 Å². The highest BCUT2D eigenvalue weighted by Gasteiger charge is 2.22. The summed E-state index contributed by atoms with van der Waals surface area (Å²) in [6.07, 6.45) is 4.35. The molecule has 0 spiro atoms. The normalized spacial score (nSPS) is 11.1. The molecule has 1 N–H and O–H groups in total. The highest BCUT2D eigenvalue weighted by molar-refractivity contribution is 6.09. The minimum Gasteiger partial charge on any atom is -0.497 e. The van der Waals surface area contributed by atoms with Crippen LogP contribution in [-0.4, -0.2) is 53.7 Å². The molecule has 2 heterocycles. The van der Waals surface area contributed by atoms with E-state index in [2.05, 4.69) is 15.3 Å². The number of pyridine rings is 2. The summed E-state index contributed by atoms with van der Waals surface area (Å²) in [4.78, 5) is 35.8. The lowest BCUT2D eigenvalue weighted by atomic mass is 10.0. The van der Waals surface area contributed by atoms with Crippen molar-refractivity contribution in [2.75, 3.05) is 21.3 Å². The number of hydrogen-bond acceptors (Lipinski definition) is 7. The molecule has 0 aliphatic rings. The fourth-order valence-corrected chi connectivity index (χ4v) is 3.47. The lowest BCUT2D eigenvalue weighted by Gasteiger charge is -2.21. The summed E-state index contributed by atoms with van der Waals surface area (Å²) in [5.41, 5.74) is 1.20. The van der Waals surface area contributed by atoms with E-state index >= 15 is 0 Å². The Morgan fingerprint density at radius 3 is 2.50 bits per heavy atom. The van der Waals surface area contributed by atoms with Crippen LogP contribution in [-0.2, 0) is 17.8 Å². The Hall–Kier alpha value is -3.88. The predicted octanol–water partition coefficient (Wildman–Crippen LogP) is 3.94. The topological polar surface area (TPSA) is 103 Å². The van der Waals surface area contributed by atoms with Crippen molar-refractivity contribution in [3.8, 4) is 11.5 Å². The Morgan fingerprint density at radius 1 is 1.12 bits per heavy atom. The van der Waals surface area contributed by atoms with Gasteiger partial charge in [0.2, 0.25) is 0 Å². The van der Waals surface area contributed by atoms with Gasteiger partial charge in [-0.25, -0.2) is 4.79 Å². The first kappa shape index (κ1) is 24.8. The number of hydrogen-bond donors (Lipinski definition) is 1. The maximum atomic E-state index is 13.4. The van der Waals surface area contributed by atoms with Gasteiger partial charge in [0.05, 0.1) is 32.0 Å². The average Bonchev–Trinajstić information content (AvgIpc) is 2.80. The van der Waals surface area contributed by atoms with Crippen LogP contribution in [0.15, 0.2) is 42.9 Å².